The highest BCUT2D eigenvalue weighted by Crippen LogP contribution is 2.48. The molecule has 1 fully saturated rings. The first-order valence-electron chi connectivity index (χ1n) is 6.94. The van der Waals surface area contributed by atoms with E-state index in [-0.39, 0.29) is 11.6 Å². The lowest BCUT2D eigenvalue weighted by molar-refractivity contribution is -0.384. The molecule has 114 valence electrons. The van der Waals surface area contributed by atoms with Crippen molar-refractivity contribution in [3.05, 3.63) is 69.8 Å². The Morgan fingerprint density at radius 2 is 1.82 bits per heavy atom. The first-order chi connectivity index (χ1) is 10.4. The van der Waals surface area contributed by atoms with Crippen molar-refractivity contribution < 1.29 is 13.3 Å². The van der Waals surface area contributed by atoms with Crippen LogP contribution in [-0.2, 0) is 9.84 Å². The Kier molecular flexibility index (Phi) is 3.48. The Morgan fingerprint density at radius 3 is 2.45 bits per heavy atom. The third-order valence-electron chi connectivity index (χ3n) is 3.99. The Labute approximate surface area is 128 Å². The van der Waals surface area contributed by atoms with E-state index < -0.39 is 20.0 Å². The van der Waals surface area contributed by atoms with Crippen LogP contribution in [0.3, 0.4) is 0 Å². The van der Waals surface area contributed by atoms with Crippen LogP contribution in [0.1, 0.15) is 23.5 Å². The molecule has 22 heavy (non-hydrogen) atoms. The molecule has 2 aromatic carbocycles. The summed E-state index contributed by atoms with van der Waals surface area (Å²) in [4.78, 5) is 10.7. The fourth-order valence-electron chi connectivity index (χ4n) is 2.64. The van der Waals surface area contributed by atoms with E-state index in [1.54, 1.807) is 36.4 Å². The molecule has 0 aliphatic heterocycles. The van der Waals surface area contributed by atoms with E-state index in [9.17, 15) is 18.5 Å². The van der Waals surface area contributed by atoms with Gasteiger partial charge in [-0.2, -0.15) is 0 Å². The average Bonchev–Trinajstić information content (AvgIpc) is 3.29. The van der Waals surface area contributed by atoms with Crippen LogP contribution in [0.4, 0.5) is 5.69 Å². The Balaban J connectivity index is 1.86. The summed E-state index contributed by atoms with van der Waals surface area (Å²) >= 11 is 0. The van der Waals surface area contributed by atoms with Crippen molar-refractivity contribution in [2.24, 2.45) is 0 Å². The van der Waals surface area contributed by atoms with Gasteiger partial charge in [0.15, 0.2) is 9.84 Å². The van der Waals surface area contributed by atoms with Gasteiger partial charge in [-0.15, -0.1) is 0 Å². The topological polar surface area (TPSA) is 77.3 Å². The van der Waals surface area contributed by atoms with E-state index in [0.717, 1.165) is 11.1 Å². The molecular formula is C16H15NO4S. The fourth-order valence-corrected chi connectivity index (χ4v) is 4.55. The quantitative estimate of drug-likeness (QED) is 0.640. The van der Waals surface area contributed by atoms with E-state index in [2.05, 4.69) is 0 Å². The monoisotopic (exact) mass is 317 g/mol. The fraction of sp³-hybridized carbons (Fsp3) is 0.250. The summed E-state index contributed by atoms with van der Waals surface area (Å²) in [6.45, 7) is 1.90. The van der Waals surface area contributed by atoms with Gasteiger partial charge in [-0.3, -0.25) is 10.1 Å². The van der Waals surface area contributed by atoms with Crippen LogP contribution < -0.4 is 0 Å². The first kappa shape index (κ1) is 14.7. The Bertz CT molecular complexity index is 827. The molecule has 0 N–H and O–H groups in total. The molecule has 0 saturated heterocycles. The van der Waals surface area contributed by atoms with Gasteiger partial charge in [-0.1, -0.05) is 29.8 Å². The van der Waals surface area contributed by atoms with Crippen LogP contribution in [0.15, 0.2) is 53.4 Å². The molecule has 1 aliphatic carbocycles. The summed E-state index contributed by atoms with van der Waals surface area (Å²) in [6, 6.07) is 13.0. The minimum atomic E-state index is -3.38. The highest BCUT2D eigenvalue weighted by molar-refractivity contribution is 7.92. The van der Waals surface area contributed by atoms with Gasteiger partial charge in [0, 0.05) is 18.1 Å². The van der Waals surface area contributed by atoms with Crippen LogP contribution in [0.5, 0.6) is 0 Å². The summed E-state index contributed by atoms with van der Waals surface area (Å²) in [5, 5.41) is 10.3. The normalized spacial score (nSPS) is 20.6. The molecule has 5 nitrogen and oxygen atoms in total. The third-order valence-corrected chi connectivity index (χ3v) is 6.24. The van der Waals surface area contributed by atoms with Crippen molar-refractivity contribution >= 4 is 15.5 Å². The number of benzene rings is 2. The van der Waals surface area contributed by atoms with Crippen molar-refractivity contribution in [2.45, 2.75) is 29.4 Å². The number of non-ortho nitro benzene ring substituents is 1. The zero-order valence-electron chi connectivity index (χ0n) is 12.0. The van der Waals surface area contributed by atoms with Crippen molar-refractivity contribution in [3.63, 3.8) is 0 Å². The van der Waals surface area contributed by atoms with Gasteiger partial charge < -0.3 is 0 Å². The van der Waals surface area contributed by atoms with Crippen LogP contribution in [0, 0.1) is 17.0 Å². The van der Waals surface area contributed by atoms with Crippen LogP contribution in [-0.4, -0.2) is 18.6 Å². The molecule has 6 heteroatoms. The molecule has 0 heterocycles. The molecular weight excluding hydrogens is 302 g/mol. The van der Waals surface area contributed by atoms with Crippen LogP contribution in [0.25, 0.3) is 0 Å². The predicted octanol–water partition coefficient (Wildman–Crippen LogP) is 3.23. The number of rotatable bonds is 4. The standard InChI is InChI=1S/C16H15NO4S/c1-11-5-7-14(8-6-11)22(20,21)16-10-15(16)12-3-2-4-13(9-12)17(18)19/h2-9,15-16H,10H2,1H3/t15-,16?/m0/s1. The summed E-state index contributed by atoms with van der Waals surface area (Å²) in [6.07, 6.45) is 0.511. The molecule has 1 unspecified atom stereocenters. The van der Waals surface area contributed by atoms with E-state index in [1.165, 1.54) is 12.1 Å². The predicted molar refractivity (Wildman–Crippen MR) is 82.6 cm³/mol. The second kappa shape index (κ2) is 5.21. The minimum absolute atomic E-state index is 0.00381. The van der Waals surface area contributed by atoms with Gasteiger partial charge >= 0.3 is 0 Å². The van der Waals surface area contributed by atoms with E-state index >= 15 is 0 Å². The largest absolute Gasteiger partial charge is 0.269 e. The van der Waals surface area contributed by atoms with Crippen LogP contribution >= 0.6 is 0 Å². The number of nitro groups is 1. The number of nitrogens with zero attached hydrogens (tertiary/aromatic N) is 1. The number of nitro benzene ring substituents is 1. The molecule has 1 aliphatic rings. The lowest BCUT2D eigenvalue weighted by Crippen LogP contribution is -2.09. The number of hydrogen-bond donors (Lipinski definition) is 0. The van der Waals surface area contributed by atoms with Gasteiger partial charge in [-0.25, -0.2) is 8.42 Å². The lowest BCUT2D eigenvalue weighted by Gasteiger charge is -2.05. The summed E-state index contributed by atoms with van der Waals surface area (Å²) in [5.74, 6) is -0.161. The molecule has 2 atom stereocenters. The molecule has 1 saturated carbocycles. The van der Waals surface area contributed by atoms with Gasteiger partial charge in [0.25, 0.3) is 5.69 Å². The second-order valence-electron chi connectivity index (χ2n) is 5.59. The molecule has 0 aromatic heterocycles. The molecule has 2 aromatic rings. The Hall–Kier alpha value is -2.21. The van der Waals surface area contributed by atoms with Crippen molar-refractivity contribution in [1.29, 1.82) is 0 Å². The van der Waals surface area contributed by atoms with E-state index in [0.29, 0.717) is 11.3 Å². The molecule has 3 rings (SSSR count). The summed E-state index contributed by atoms with van der Waals surface area (Å²) in [5.41, 5.74) is 1.72. The maximum absolute atomic E-state index is 12.6. The van der Waals surface area contributed by atoms with Gasteiger partial charge in [-0.05, 0) is 31.0 Å². The minimum Gasteiger partial charge on any atom is -0.258 e. The second-order valence-corrected chi connectivity index (χ2v) is 7.76. The molecule has 0 spiro atoms. The maximum atomic E-state index is 12.6. The van der Waals surface area contributed by atoms with Crippen molar-refractivity contribution in [2.75, 3.05) is 0 Å². The number of hydrogen-bond acceptors (Lipinski definition) is 4. The molecule has 0 amide bonds. The average molecular weight is 317 g/mol. The third kappa shape index (κ3) is 2.62. The highest BCUT2D eigenvalue weighted by atomic mass is 32.2. The van der Waals surface area contributed by atoms with Gasteiger partial charge in [0.05, 0.1) is 15.1 Å². The maximum Gasteiger partial charge on any atom is 0.269 e. The Morgan fingerprint density at radius 1 is 1.14 bits per heavy atom. The zero-order valence-corrected chi connectivity index (χ0v) is 12.8. The first-order valence-corrected chi connectivity index (χ1v) is 8.49. The highest BCUT2D eigenvalue weighted by Gasteiger charge is 2.48. The molecule has 0 bridgehead atoms. The van der Waals surface area contributed by atoms with Gasteiger partial charge in [0.1, 0.15) is 0 Å². The zero-order chi connectivity index (χ0) is 15.9. The molecule has 0 radical (unpaired) electrons. The van der Waals surface area contributed by atoms with E-state index in [4.69, 9.17) is 0 Å². The van der Waals surface area contributed by atoms with Crippen molar-refractivity contribution in [1.82, 2.24) is 0 Å². The number of aryl methyl sites for hydroxylation is 1. The lowest BCUT2D eigenvalue weighted by atomic mass is 10.1. The van der Waals surface area contributed by atoms with Crippen molar-refractivity contribution in [3.8, 4) is 0 Å². The van der Waals surface area contributed by atoms with Gasteiger partial charge in [0.2, 0.25) is 0 Å². The summed E-state index contributed by atoms with van der Waals surface area (Å²) in [7, 11) is -3.38. The van der Waals surface area contributed by atoms with Crippen LogP contribution in [0.2, 0.25) is 0 Å². The van der Waals surface area contributed by atoms with E-state index in [1.807, 2.05) is 6.92 Å². The SMILES string of the molecule is Cc1ccc(S(=O)(=O)C2C[C@H]2c2cccc([N+](=O)[O-])c2)cc1. The summed E-state index contributed by atoms with van der Waals surface area (Å²) < 4.78 is 25.1. The number of sulfone groups is 1. The smallest absolute Gasteiger partial charge is 0.258 e.